The minimum Gasteiger partial charge on any atom is -0.494 e. The van der Waals surface area contributed by atoms with Gasteiger partial charge in [0.2, 0.25) is 0 Å². The lowest BCUT2D eigenvalue weighted by molar-refractivity contribution is 0.0949. The number of carbonyl (C=O) groups excluding carboxylic acids is 1. The van der Waals surface area contributed by atoms with Crippen LogP contribution in [0.15, 0.2) is 66.7 Å². The Morgan fingerprint density at radius 3 is 2.62 bits per heavy atom. The van der Waals surface area contributed by atoms with Gasteiger partial charge in [-0.1, -0.05) is 47.5 Å². The quantitative estimate of drug-likeness (QED) is 0.320. The molecule has 0 aliphatic rings. The highest BCUT2D eigenvalue weighted by Crippen LogP contribution is 2.22. The third-order valence-corrected chi connectivity index (χ3v) is 5.94. The first-order valence-corrected chi connectivity index (χ1v) is 11.1. The number of imidazole rings is 1. The normalized spacial score (nSPS) is 11.0. The van der Waals surface area contributed by atoms with Gasteiger partial charge in [-0.2, -0.15) is 0 Å². The molecular weight excluding hydrogens is 445 g/mol. The van der Waals surface area contributed by atoms with Crippen LogP contribution in [0.4, 0.5) is 0 Å². The summed E-state index contributed by atoms with van der Waals surface area (Å²) >= 11 is 12.2. The van der Waals surface area contributed by atoms with Crippen molar-refractivity contribution in [3.05, 3.63) is 93.7 Å². The van der Waals surface area contributed by atoms with Gasteiger partial charge in [0.1, 0.15) is 11.6 Å². The Morgan fingerprint density at radius 2 is 1.81 bits per heavy atom. The third-order valence-electron chi connectivity index (χ3n) is 5.18. The van der Waals surface area contributed by atoms with Crippen molar-refractivity contribution in [3.63, 3.8) is 0 Å². The Morgan fingerprint density at radius 1 is 1.03 bits per heavy atom. The van der Waals surface area contributed by atoms with Crippen LogP contribution >= 0.6 is 23.2 Å². The van der Waals surface area contributed by atoms with E-state index in [1.807, 2.05) is 49.4 Å². The van der Waals surface area contributed by atoms with Crippen LogP contribution in [-0.4, -0.2) is 22.1 Å². The smallest absolute Gasteiger partial charge is 0.253 e. The standard InChI is InChI=1S/C25H23Cl2N3O2/c1-17-15-18(11-12-20(17)26)32-14-6-13-30-23-10-5-4-9-22(23)29-24(30)16-28-25(31)19-7-2-3-8-21(19)27/h2-5,7-12,15H,6,13-14,16H2,1H3,(H,28,31). The second kappa shape index (κ2) is 10.1. The zero-order valence-corrected chi connectivity index (χ0v) is 19.2. The predicted octanol–water partition coefficient (Wildman–Crippen LogP) is 6.05. The van der Waals surface area contributed by atoms with E-state index in [9.17, 15) is 4.79 Å². The van der Waals surface area contributed by atoms with Crippen LogP contribution in [-0.2, 0) is 13.1 Å². The molecule has 32 heavy (non-hydrogen) atoms. The Labute approximate surface area is 196 Å². The fourth-order valence-electron chi connectivity index (χ4n) is 3.53. The molecule has 0 atom stereocenters. The molecule has 0 saturated carbocycles. The first kappa shape index (κ1) is 22.2. The molecule has 5 nitrogen and oxygen atoms in total. The molecule has 1 N–H and O–H groups in total. The minimum atomic E-state index is -0.226. The van der Waals surface area contributed by atoms with Gasteiger partial charge in [-0.25, -0.2) is 4.98 Å². The Kier molecular flexibility index (Phi) is 6.98. The van der Waals surface area contributed by atoms with Crippen LogP contribution in [0, 0.1) is 6.92 Å². The van der Waals surface area contributed by atoms with Crippen LogP contribution in [0.3, 0.4) is 0 Å². The summed E-state index contributed by atoms with van der Waals surface area (Å²) in [6, 6.07) is 20.6. The largest absolute Gasteiger partial charge is 0.494 e. The van der Waals surface area contributed by atoms with E-state index in [4.69, 9.17) is 32.9 Å². The van der Waals surface area contributed by atoms with Gasteiger partial charge in [-0.05, 0) is 61.4 Å². The zero-order valence-electron chi connectivity index (χ0n) is 17.6. The van der Waals surface area contributed by atoms with Gasteiger partial charge in [-0.3, -0.25) is 4.79 Å². The summed E-state index contributed by atoms with van der Waals surface area (Å²) in [6.07, 6.45) is 0.785. The molecule has 0 aliphatic heterocycles. The summed E-state index contributed by atoms with van der Waals surface area (Å²) in [6.45, 7) is 3.52. The maximum absolute atomic E-state index is 12.6. The lowest BCUT2D eigenvalue weighted by Gasteiger charge is -2.12. The average molecular weight is 468 g/mol. The van der Waals surface area contributed by atoms with Crippen LogP contribution in [0.5, 0.6) is 5.75 Å². The zero-order chi connectivity index (χ0) is 22.5. The summed E-state index contributed by atoms with van der Waals surface area (Å²) < 4.78 is 8.01. The summed E-state index contributed by atoms with van der Waals surface area (Å²) in [5.74, 6) is 1.36. The number of aryl methyl sites for hydroxylation is 2. The number of halogens is 2. The first-order chi connectivity index (χ1) is 15.5. The van der Waals surface area contributed by atoms with Crippen LogP contribution in [0.25, 0.3) is 11.0 Å². The van der Waals surface area contributed by atoms with Crippen molar-refractivity contribution in [1.29, 1.82) is 0 Å². The molecule has 3 aromatic carbocycles. The topological polar surface area (TPSA) is 56.1 Å². The van der Waals surface area contributed by atoms with Crippen LogP contribution in [0.1, 0.15) is 28.2 Å². The van der Waals surface area contributed by atoms with Crippen molar-refractivity contribution in [2.45, 2.75) is 26.4 Å². The van der Waals surface area contributed by atoms with Gasteiger partial charge in [0.05, 0.1) is 34.8 Å². The number of nitrogens with one attached hydrogen (secondary N) is 1. The number of hydrogen-bond acceptors (Lipinski definition) is 3. The van der Waals surface area contributed by atoms with Gasteiger partial charge >= 0.3 is 0 Å². The maximum Gasteiger partial charge on any atom is 0.253 e. The van der Waals surface area contributed by atoms with Gasteiger partial charge < -0.3 is 14.6 Å². The average Bonchev–Trinajstić information content (AvgIpc) is 3.15. The monoisotopic (exact) mass is 467 g/mol. The number of nitrogens with zero attached hydrogens (tertiary/aromatic N) is 2. The number of hydrogen-bond donors (Lipinski definition) is 1. The second-order valence-corrected chi connectivity index (χ2v) is 8.26. The fraction of sp³-hybridized carbons (Fsp3) is 0.200. The number of carbonyl (C=O) groups is 1. The number of aromatic nitrogens is 2. The van der Waals surface area contributed by atoms with E-state index in [1.165, 1.54) is 0 Å². The molecule has 4 rings (SSSR count). The van der Waals surface area contributed by atoms with Crippen molar-refractivity contribution < 1.29 is 9.53 Å². The molecular formula is C25H23Cl2N3O2. The molecule has 0 bridgehead atoms. The molecule has 0 fully saturated rings. The van der Waals surface area contributed by atoms with Crippen molar-refractivity contribution in [1.82, 2.24) is 14.9 Å². The lowest BCUT2D eigenvalue weighted by Crippen LogP contribution is -2.25. The van der Waals surface area contributed by atoms with E-state index >= 15 is 0 Å². The summed E-state index contributed by atoms with van der Waals surface area (Å²) in [7, 11) is 0. The van der Waals surface area contributed by atoms with Gasteiger partial charge in [0.15, 0.2) is 0 Å². The van der Waals surface area contributed by atoms with Crippen LogP contribution in [0.2, 0.25) is 10.0 Å². The second-order valence-electron chi connectivity index (χ2n) is 7.44. The highest BCUT2D eigenvalue weighted by Gasteiger charge is 2.14. The highest BCUT2D eigenvalue weighted by atomic mass is 35.5. The number of amides is 1. The fourth-order valence-corrected chi connectivity index (χ4v) is 3.87. The Hall–Kier alpha value is -3.02. The van der Waals surface area contributed by atoms with E-state index in [0.29, 0.717) is 30.3 Å². The van der Waals surface area contributed by atoms with Crippen LogP contribution < -0.4 is 10.1 Å². The highest BCUT2D eigenvalue weighted by molar-refractivity contribution is 6.33. The lowest BCUT2D eigenvalue weighted by atomic mass is 10.2. The van der Waals surface area contributed by atoms with Gasteiger partial charge in [0, 0.05) is 11.6 Å². The number of rotatable bonds is 8. The van der Waals surface area contributed by atoms with E-state index in [0.717, 1.165) is 39.6 Å². The minimum absolute atomic E-state index is 0.226. The Balaban J connectivity index is 1.43. The third kappa shape index (κ3) is 5.06. The molecule has 1 heterocycles. The number of benzene rings is 3. The number of para-hydroxylation sites is 2. The molecule has 164 valence electrons. The molecule has 0 saturated heterocycles. The summed E-state index contributed by atoms with van der Waals surface area (Å²) in [5.41, 5.74) is 3.35. The maximum atomic E-state index is 12.6. The molecule has 7 heteroatoms. The number of fused-ring (bicyclic) bond motifs is 1. The SMILES string of the molecule is Cc1cc(OCCCn2c(CNC(=O)c3ccccc3Cl)nc3ccccc32)ccc1Cl. The van der Waals surface area contributed by atoms with Crippen molar-refractivity contribution >= 4 is 40.1 Å². The first-order valence-electron chi connectivity index (χ1n) is 10.4. The Bertz CT molecular complexity index is 1250. The van der Waals surface area contributed by atoms with Crippen molar-refractivity contribution in [3.8, 4) is 5.75 Å². The molecule has 0 spiro atoms. The van der Waals surface area contributed by atoms with Gasteiger partial charge in [-0.15, -0.1) is 0 Å². The molecule has 0 aliphatic carbocycles. The summed E-state index contributed by atoms with van der Waals surface area (Å²) in [4.78, 5) is 17.3. The van der Waals surface area contributed by atoms with E-state index in [-0.39, 0.29) is 5.91 Å². The van der Waals surface area contributed by atoms with E-state index in [1.54, 1.807) is 24.3 Å². The molecule has 0 radical (unpaired) electrons. The molecule has 0 unspecified atom stereocenters. The predicted molar refractivity (Wildman–Crippen MR) is 129 cm³/mol. The number of ether oxygens (including phenoxy) is 1. The van der Waals surface area contributed by atoms with E-state index < -0.39 is 0 Å². The van der Waals surface area contributed by atoms with Crippen molar-refractivity contribution in [2.24, 2.45) is 0 Å². The van der Waals surface area contributed by atoms with Crippen molar-refractivity contribution in [2.75, 3.05) is 6.61 Å². The molecule has 1 amide bonds. The molecule has 4 aromatic rings. The van der Waals surface area contributed by atoms with Gasteiger partial charge in [0.25, 0.3) is 5.91 Å². The summed E-state index contributed by atoms with van der Waals surface area (Å²) in [5, 5.41) is 4.09. The molecule has 1 aromatic heterocycles. The van der Waals surface area contributed by atoms with E-state index in [2.05, 4.69) is 9.88 Å².